The second kappa shape index (κ2) is 7.98. The number of nitrogens with zero attached hydrogens (tertiary/aromatic N) is 2. The van der Waals surface area contributed by atoms with Crippen molar-refractivity contribution < 1.29 is 18.0 Å². The van der Waals surface area contributed by atoms with Crippen LogP contribution in [0.4, 0.5) is 0 Å². The standard InChI is InChI=1S/C21H20BrN3O4S/c1-14(26)15-2-5-17(6-3-15)30(28,29)25-10-8-24(9-11-25)21(27)19-13-23-20-7-4-16(22)12-18(19)20/h2-7,12-13,23H,8-11H2,1H3. The number of amides is 1. The number of piperazine rings is 1. The van der Waals surface area contributed by atoms with E-state index in [1.54, 1.807) is 11.1 Å². The van der Waals surface area contributed by atoms with Gasteiger partial charge in [0.2, 0.25) is 10.0 Å². The van der Waals surface area contributed by atoms with E-state index in [1.807, 2.05) is 18.2 Å². The molecule has 1 aromatic heterocycles. The van der Waals surface area contributed by atoms with E-state index in [0.29, 0.717) is 24.2 Å². The molecule has 1 aliphatic rings. The molecule has 1 amide bonds. The molecule has 0 saturated carbocycles. The molecule has 7 nitrogen and oxygen atoms in total. The topological polar surface area (TPSA) is 90.6 Å². The molecule has 0 bridgehead atoms. The fourth-order valence-electron chi connectivity index (χ4n) is 3.58. The third-order valence-electron chi connectivity index (χ3n) is 5.30. The predicted molar refractivity (Wildman–Crippen MR) is 117 cm³/mol. The number of benzene rings is 2. The van der Waals surface area contributed by atoms with Crippen LogP contribution in [-0.2, 0) is 10.0 Å². The van der Waals surface area contributed by atoms with E-state index in [0.717, 1.165) is 15.4 Å². The van der Waals surface area contributed by atoms with Crippen LogP contribution in [0.25, 0.3) is 10.9 Å². The Kier molecular flexibility index (Phi) is 5.52. The van der Waals surface area contributed by atoms with Gasteiger partial charge in [-0.05, 0) is 37.3 Å². The van der Waals surface area contributed by atoms with E-state index < -0.39 is 10.0 Å². The van der Waals surface area contributed by atoms with E-state index in [1.165, 1.54) is 35.5 Å². The molecule has 0 unspecified atom stereocenters. The Labute approximate surface area is 182 Å². The maximum Gasteiger partial charge on any atom is 0.256 e. The normalized spacial score (nSPS) is 15.5. The number of sulfonamides is 1. The molecule has 30 heavy (non-hydrogen) atoms. The first-order valence-corrected chi connectivity index (χ1v) is 11.7. The van der Waals surface area contributed by atoms with E-state index >= 15 is 0 Å². The molecule has 156 valence electrons. The van der Waals surface area contributed by atoms with Gasteiger partial charge < -0.3 is 9.88 Å². The number of hydrogen-bond acceptors (Lipinski definition) is 4. The number of rotatable bonds is 4. The quantitative estimate of drug-likeness (QED) is 0.569. The van der Waals surface area contributed by atoms with Crippen molar-refractivity contribution in [1.29, 1.82) is 0 Å². The monoisotopic (exact) mass is 489 g/mol. The predicted octanol–water partition coefficient (Wildman–Crippen LogP) is 3.28. The van der Waals surface area contributed by atoms with Crippen LogP contribution in [0.3, 0.4) is 0 Å². The molecule has 0 atom stereocenters. The van der Waals surface area contributed by atoms with E-state index in [-0.39, 0.29) is 29.7 Å². The van der Waals surface area contributed by atoms with Gasteiger partial charge in [-0.2, -0.15) is 4.31 Å². The molecule has 1 N–H and O–H groups in total. The van der Waals surface area contributed by atoms with Crippen molar-refractivity contribution in [2.75, 3.05) is 26.2 Å². The average Bonchev–Trinajstić information content (AvgIpc) is 3.16. The highest BCUT2D eigenvalue weighted by atomic mass is 79.9. The van der Waals surface area contributed by atoms with Crippen molar-refractivity contribution in [3.8, 4) is 0 Å². The number of carbonyl (C=O) groups excluding carboxylic acids is 2. The lowest BCUT2D eigenvalue weighted by Crippen LogP contribution is -2.50. The van der Waals surface area contributed by atoms with E-state index in [9.17, 15) is 18.0 Å². The van der Waals surface area contributed by atoms with Crippen LogP contribution < -0.4 is 0 Å². The van der Waals surface area contributed by atoms with Gasteiger partial charge in [0, 0.05) is 53.3 Å². The number of fused-ring (bicyclic) bond motifs is 1. The zero-order valence-electron chi connectivity index (χ0n) is 16.3. The molecule has 1 saturated heterocycles. The average molecular weight is 490 g/mol. The number of Topliss-reactive ketones (excluding diaryl/α,β-unsaturated/α-hetero) is 1. The summed E-state index contributed by atoms with van der Waals surface area (Å²) in [6.45, 7) is 2.49. The molecular formula is C21H20BrN3O4S. The van der Waals surface area contributed by atoms with Gasteiger partial charge >= 0.3 is 0 Å². The van der Waals surface area contributed by atoms with Crippen LogP contribution in [0.5, 0.6) is 0 Å². The number of halogens is 1. The van der Waals surface area contributed by atoms with Gasteiger partial charge in [-0.25, -0.2) is 8.42 Å². The van der Waals surface area contributed by atoms with Crippen molar-refractivity contribution in [3.05, 3.63) is 64.3 Å². The fraction of sp³-hybridized carbons (Fsp3) is 0.238. The summed E-state index contributed by atoms with van der Waals surface area (Å²) < 4.78 is 28.1. The lowest BCUT2D eigenvalue weighted by atomic mass is 10.1. The van der Waals surface area contributed by atoms with Crippen molar-refractivity contribution in [1.82, 2.24) is 14.2 Å². The Balaban J connectivity index is 1.48. The lowest BCUT2D eigenvalue weighted by molar-refractivity contribution is 0.0700. The van der Waals surface area contributed by atoms with E-state index in [2.05, 4.69) is 20.9 Å². The lowest BCUT2D eigenvalue weighted by Gasteiger charge is -2.34. The molecule has 3 aromatic rings. The molecule has 1 aliphatic heterocycles. The maximum absolute atomic E-state index is 13.0. The van der Waals surface area contributed by atoms with Crippen LogP contribution >= 0.6 is 15.9 Å². The summed E-state index contributed by atoms with van der Waals surface area (Å²) in [7, 11) is -3.68. The smallest absolute Gasteiger partial charge is 0.256 e. The maximum atomic E-state index is 13.0. The Morgan fingerprint density at radius 3 is 2.30 bits per heavy atom. The Bertz CT molecular complexity index is 1230. The summed E-state index contributed by atoms with van der Waals surface area (Å²) in [4.78, 5) is 29.3. The van der Waals surface area contributed by atoms with Crippen molar-refractivity contribution in [3.63, 3.8) is 0 Å². The summed E-state index contributed by atoms with van der Waals surface area (Å²) in [6.07, 6.45) is 1.69. The van der Waals surface area contributed by atoms with Gasteiger partial charge in [0.25, 0.3) is 5.91 Å². The Morgan fingerprint density at radius 2 is 1.67 bits per heavy atom. The van der Waals surface area contributed by atoms with Crippen LogP contribution in [0, 0.1) is 0 Å². The number of H-pyrrole nitrogens is 1. The first-order chi connectivity index (χ1) is 14.3. The fourth-order valence-corrected chi connectivity index (χ4v) is 5.37. The van der Waals surface area contributed by atoms with Gasteiger partial charge in [0.15, 0.2) is 5.78 Å². The second-order valence-corrected chi connectivity index (χ2v) is 10.0. The van der Waals surface area contributed by atoms with Gasteiger partial charge in [-0.1, -0.05) is 28.1 Å². The van der Waals surface area contributed by atoms with Crippen LogP contribution in [0.2, 0.25) is 0 Å². The molecule has 9 heteroatoms. The van der Waals surface area contributed by atoms with Crippen LogP contribution in [0.1, 0.15) is 27.6 Å². The SMILES string of the molecule is CC(=O)c1ccc(S(=O)(=O)N2CCN(C(=O)c3c[nH]c4ccc(Br)cc34)CC2)cc1. The second-order valence-electron chi connectivity index (χ2n) is 7.17. The molecule has 0 aliphatic carbocycles. The summed E-state index contributed by atoms with van der Waals surface area (Å²) >= 11 is 3.43. The molecule has 2 heterocycles. The number of carbonyl (C=O) groups is 2. The molecule has 1 fully saturated rings. The Hall–Kier alpha value is -2.49. The van der Waals surface area contributed by atoms with Crippen LogP contribution in [0.15, 0.2) is 58.0 Å². The van der Waals surface area contributed by atoms with Crippen molar-refractivity contribution in [2.45, 2.75) is 11.8 Å². The third-order valence-corrected chi connectivity index (χ3v) is 7.70. The summed E-state index contributed by atoms with van der Waals surface area (Å²) in [5.74, 6) is -0.238. The minimum Gasteiger partial charge on any atom is -0.360 e. The summed E-state index contributed by atoms with van der Waals surface area (Å²) in [6, 6.07) is 11.6. The van der Waals surface area contributed by atoms with E-state index in [4.69, 9.17) is 0 Å². The van der Waals surface area contributed by atoms with Gasteiger partial charge in [-0.3, -0.25) is 9.59 Å². The third kappa shape index (κ3) is 3.80. The number of ketones is 1. The van der Waals surface area contributed by atoms with Gasteiger partial charge in [0.1, 0.15) is 0 Å². The molecule has 2 aromatic carbocycles. The van der Waals surface area contributed by atoms with Crippen molar-refractivity contribution >= 4 is 48.5 Å². The summed E-state index contributed by atoms with van der Waals surface area (Å²) in [5, 5.41) is 0.829. The zero-order valence-corrected chi connectivity index (χ0v) is 18.7. The summed E-state index contributed by atoms with van der Waals surface area (Å²) in [5.41, 5.74) is 1.91. The zero-order chi connectivity index (χ0) is 21.5. The number of aromatic amines is 1. The molecule has 0 spiro atoms. The van der Waals surface area contributed by atoms with Gasteiger partial charge in [-0.15, -0.1) is 0 Å². The minimum absolute atomic E-state index is 0.115. The molecule has 0 radical (unpaired) electrons. The number of aromatic nitrogens is 1. The number of hydrogen-bond donors (Lipinski definition) is 1. The molecular weight excluding hydrogens is 470 g/mol. The number of nitrogens with one attached hydrogen (secondary N) is 1. The highest BCUT2D eigenvalue weighted by molar-refractivity contribution is 9.10. The highest BCUT2D eigenvalue weighted by Crippen LogP contribution is 2.25. The first-order valence-electron chi connectivity index (χ1n) is 9.44. The van der Waals surface area contributed by atoms with Crippen molar-refractivity contribution in [2.24, 2.45) is 0 Å². The first kappa shape index (κ1) is 20.8. The highest BCUT2D eigenvalue weighted by Gasteiger charge is 2.31. The van der Waals surface area contributed by atoms with Crippen LogP contribution in [-0.4, -0.2) is 60.5 Å². The van der Waals surface area contributed by atoms with Gasteiger partial charge in [0.05, 0.1) is 10.5 Å². The Morgan fingerprint density at radius 1 is 1.00 bits per heavy atom. The minimum atomic E-state index is -3.68. The largest absolute Gasteiger partial charge is 0.360 e. The molecule has 4 rings (SSSR count).